The predicted octanol–water partition coefficient (Wildman–Crippen LogP) is 2.95. The highest BCUT2D eigenvalue weighted by Crippen LogP contribution is 2.16. The van der Waals surface area contributed by atoms with Crippen LogP contribution in [0.4, 0.5) is 5.82 Å². The lowest BCUT2D eigenvalue weighted by atomic mass is 10.2. The Morgan fingerprint density at radius 3 is 2.89 bits per heavy atom. The van der Waals surface area contributed by atoms with E-state index in [1.54, 1.807) is 35.3 Å². The minimum Gasteiger partial charge on any atom is -0.305 e. The first-order chi connectivity index (χ1) is 9.08. The van der Waals surface area contributed by atoms with Gasteiger partial charge in [0.1, 0.15) is 11.5 Å². The zero-order valence-electron chi connectivity index (χ0n) is 10.8. The quantitative estimate of drug-likeness (QED) is 0.941. The summed E-state index contributed by atoms with van der Waals surface area (Å²) in [4.78, 5) is 16.2. The van der Waals surface area contributed by atoms with Gasteiger partial charge < -0.3 is 5.32 Å². The largest absolute Gasteiger partial charge is 0.305 e. The van der Waals surface area contributed by atoms with Crippen LogP contribution in [0.3, 0.4) is 0 Å². The summed E-state index contributed by atoms with van der Waals surface area (Å²) < 4.78 is 2.45. The number of nitrogens with one attached hydrogen (secondary N) is 1. The topological polar surface area (TPSA) is 59.8 Å². The predicted molar refractivity (Wildman–Crippen MR) is 77.0 cm³/mol. The van der Waals surface area contributed by atoms with Gasteiger partial charge >= 0.3 is 0 Å². The van der Waals surface area contributed by atoms with Gasteiger partial charge in [-0.2, -0.15) is 5.10 Å². The molecule has 2 aromatic rings. The van der Waals surface area contributed by atoms with Crippen LogP contribution in [0.2, 0.25) is 0 Å². The van der Waals surface area contributed by atoms with E-state index in [1.807, 2.05) is 0 Å². The molecule has 0 atom stereocenters. The highest BCUT2D eigenvalue weighted by atomic mass is 79.9. The number of aromatic nitrogens is 3. The van der Waals surface area contributed by atoms with E-state index in [-0.39, 0.29) is 5.91 Å². The third-order valence-electron chi connectivity index (χ3n) is 2.47. The Morgan fingerprint density at radius 2 is 2.21 bits per heavy atom. The maximum absolute atomic E-state index is 12.1. The van der Waals surface area contributed by atoms with Crippen molar-refractivity contribution in [2.45, 2.75) is 20.4 Å². The Hall–Kier alpha value is -1.69. The van der Waals surface area contributed by atoms with Crippen molar-refractivity contribution in [3.63, 3.8) is 0 Å². The first-order valence-corrected chi connectivity index (χ1v) is 6.81. The Labute approximate surface area is 120 Å². The van der Waals surface area contributed by atoms with Crippen LogP contribution in [-0.4, -0.2) is 20.7 Å². The maximum Gasteiger partial charge on any atom is 0.276 e. The van der Waals surface area contributed by atoms with Crippen molar-refractivity contribution in [1.29, 1.82) is 0 Å². The lowest BCUT2D eigenvalue weighted by molar-refractivity contribution is 0.102. The molecule has 1 amide bonds. The van der Waals surface area contributed by atoms with E-state index >= 15 is 0 Å². The molecule has 6 heteroatoms. The van der Waals surface area contributed by atoms with Crippen LogP contribution < -0.4 is 5.32 Å². The molecule has 0 aromatic carbocycles. The average Bonchev–Trinajstić information content (AvgIpc) is 2.76. The molecule has 0 saturated carbocycles. The molecule has 1 N–H and O–H groups in total. The average molecular weight is 323 g/mol. The molecule has 2 aromatic heterocycles. The van der Waals surface area contributed by atoms with E-state index in [9.17, 15) is 4.79 Å². The van der Waals surface area contributed by atoms with Crippen LogP contribution >= 0.6 is 15.9 Å². The number of amides is 1. The van der Waals surface area contributed by atoms with E-state index in [2.05, 4.69) is 45.2 Å². The van der Waals surface area contributed by atoms with E-state index in [0.29, 0.717) is 21.9 Å². The fraction of sp³-hybridized carbons (Fsp3) is 0.308. The molecule has 0 bridgehead atoms. The Morgan fingerprint density at radius 1 is 1.42 bits per heavy atom. The van der Waals surface area contributed by atoms with Gasteiger partial charge in [0.25, 0.3) is 5.91 Å². The fourth-order valence-corrected chi connectivity index (χ4v) is 2.09. The number of pyridine rings is 1. The van der Waals surface area contributed by atoms with Crippen LogP contribution in [0, 0.1) is 5.92 Å². The number of hydrogen-bond donors (Lipinski definition) is 1. The van der Waals surface area contributed by atoms with Gasteiger partial charge in [-0.05, 0) is 34.0 Å². The Bertz CT molecular complexity index is 580. The second-order valence-corrected chi connectivity index (χ2v) is 5.43. The number of hydrogen-bond acceptors (Lipinski definition) is 3. The molecule has 0 aliphatic rings. The molecule has 100 valence electrons. The highest BCUT2D eigenvalue weighted by molar-refractivity contribution is 9.10. The molecule has 0 spiro atoms. The molecular formula is C13H15BrN4O. The van der Waals surface area contributed by atoms with Crippen LogP contribution in [0.1, 0.15) is 24.3 Å². The minimum absolute atomic E-state index is 0.252. The Kier molecular flexibility index (Phi) is 4.31. The van der Waals surface area contributed by atoms with Gasteiger partial charge in [0, 0.05) is 23.3 Å². The molecule has 0 radical (unpaired) electrons. The summed E-state index contributed by atoms with van der Waals surface area (Å²) in [5.41, 5.74) is 0.361. The van der Waals surface area contributed by atoms with Crippen molar-refractivity contribution in [1.82, 2.24) is 14.8 Å². The fourth-order valence-electron chi connectivity index (χ4n) is 1.66. The number of nitrogens with zero attached hydrogens (tertiary/aromatic N) is 3. The van der Waals surface area contributed by atoms with E-state index in [4.69, 9.17) is 0 Å². The standard InChI is InChI=1S/C13H15BrN4O/c1-9(2)8-18-11(5-7-16-18)17-13(19)12-10(14)4-3-6-15-12/h3-7,9H,8H2,1-2H3,(H,17,19). The normalized spacial score (nSPS) is 10.7. The lowest BCUT2D eigenvalue weighted by Gasteiger charge is -2.11. The zero-order valence-corrected chi connectivity index (χ0v) is 12.4. The van der Waals surface area contributed by atoms with Crippen LogP contribution in [0.15, 0.2) is 35.1 Å². The van der Waals surface area contributed by atoms with Gasteiger partial charge in [-0.3, -0.25) is 4.79 Å². The van der Waals surface area contributed by atoms with Gasteiger partial charge in [-0.1, -0.05) is 13.8 Å². The van der Waals surface area contributed by atoms with Crippen molar-refractivity contribution >= 4 is 27.7 Å². The van der Waals surface area contributed by atoms with Crippen molar-refractivity contribution < 1.29 is 4.79 Å². The van der Waals surface area contributed by atoms with Crippen molar-refractivity contribution in [3.8, 4) is 0 Å². The molecule has 0 aliphatic carbocycles. The first-order valence-electron chi connectivity index (χ1n) is 6.01. The van der Waals surface area contributed by atoms with Crippen molar-refractivity contribution in [3.05, 3.63) is 40.8 Å². The van der Waals surface area contributed by atoms with Gasteiger partial charge in [-0.15, -0.1) is 0 Å². The molecule has 0 fully saturated rings. The molecule has 0 aliphatic heterocycles. The zero-order chi connectivity index (χ0) is 13.8. The first kappa shape index (κ1) is 13.7. The minimum atomic E-state index is -0.252. The maximum atomic E-state index is 12.1. The van der Waals surface area contributed by atoms with Crippen LogP contribution in [-0.2, 0) is 6.54 Å². The molecule has 19 heavy (non-hydrogen) atoms. The molecular weight excluding hydrogens is 308 g/mol. The van der Waals surface area contributed by atoms with Crippen molar-refractivity contribution in [2.24, 2.45) is 5.92 Å². The molecule has 0 saturated heterocycles. The van der Waals surface area contributed by atoms with Gasteiger partial charge in [-0.25, -0.2) is 9.67 Å². The van der Waals surface area contributed by atoms with E-state index in [1.165, 1.54) is 0 Å². The SMILES string of the molecule is CC(C)Cn1nccc1NC(=O)c1ncccc1Br. The smallest absolute Gasteiger partial charge is 0.276 e. The van der Waals surface area contributed by atoms with Crippen molar-refractivity contribution in [2.75, 3.05) is 5.32 Å². The number of carbonyl (C=O) groups is 1. The second kappa shape index (κ2) is 5.97. The van der Waals surface area contributed by atoms with Gasteiger partial charge in [0.05, 0.1) is 6.20 Å². The summed E-state index contributed by atoms with van der Waals surface area (Å²) in [5, 5.41) is 7.02. The highest BCUT2D eigenvalue weighted by Gasteiger charge is 2.13. The molecule has 2 rings (SSSR count). The third kappa shape index (κ3) is 3.41. The Balaban J connectivity index is 2.16. The third-order valence-corrected chi connectivity index (χ3v) is 3.11. The van der Waals surface area contributed by atoms with Crippen LogP contribution in [0.5, 0.6) is 0 Å². The molecule has 2 heterocycles. The summed E-state index contributed by atoms with van der Waals surface area (Å²) in [6.07, 6.45) is 3.26. The van der Waals surface area contributed by atoms with Crippen LogP contribution in [0.25, 0.3) is 0 Å². The van der Waals surface area contributed by atoms with E-state index < -0.39 is 0 Å². The number of rotatable bonds is 4. The summed E-state index contributed by atoms with van der Waals surface area (Å²) in [5.74, 6) is 0.881. The van der Waals surface area contributed by atoms with Gasteiger partial charge in [0.15, 0.2) is 0 Å². The summed E-state index contributed by atoms with van der Waals surface area (Å²) in [6.45, 7) is 4.96. The molecule has 0 unspecified atom stereocenters. The lowest BCUT2D eigenvalue weighted by Crippen LogP contribution is -2.18. The molecule has 5 nitrogen and oxygen atoms in total. The second-order valence-electron chi connectivity index (χ2n) is 4.58. The summed E-state index contributed by atoms with van der Waals surface area (Å²) >= 11 is 3.31. The van der Waals surface area contributed by atoms with Gasteiger partial charge in [0.2, 0.25) is 0 Å². The number of halogens is 1. The summed E-state index contributed by atoms with van der Waals surface area (Å²) in [6, 6.07) is 5.33. The monoisotopic (exact) mass is 322 g/mol. The number of carbonyl (C=O) groups excluding carboxylic acids is 1. The van der Waals surface area contributed by atoms with E-state index in [0.717, 1.165) is 6.54 Å². The number of anilines is 1. The summed E-state index contributed by atoms with van der Waals surface area (Å²) in [7, 11) is 0.